The highest BCUT2D eigenvalue weighted by molar-refractivity contribution is 6.28. The molecule has 0 atom stereocenters. The van der Waals surface area contributed by atoms with Gasteiger partial charge in [0, 0.05) is 24.1 Å². The van der Waals surface area contributed by atoms with Crippen LogP contribution in [0, 0.1) is 5.92 Å². The van der Waals surface area contributed by atoms with Gasteiger partial charge < -0.3 is 4.90 Å². The summed E-state index contributed by atoms with van der Waals surface area (Å²) in [6.07, 6.45) is 1.54. The Morgan fingerprint density at radius 3 is 2.72 bits per heavy atom. The van der Waals surface area contributed by atoms with Gasteiger partial charge in [0.15, 0.2) is 5.78 Å². The number of halogens is 1. The molecule has 3 rings (SSSR count). The topological polar surface area (TPSA) is 37.4 Å². The largest absolute Gasteiger partial charge is 0.331 e. The normalized spacial score (nSPS) is 25.8. The summed E-state index contributed by atoms with van der Waals surface area (Å²) in [7, 11) is 0. The maximum Gasteiger partial charge on any atom is 0.254 e. The van der Waals surface area contributed by atoms with E-state index >= 15 is 0 Å². The molecule has 1 aliphatic heterocycles. The molecule has 94 valence electrons. The summed E-state index contributed by atoms with van der Waals surface area (Å²) < 4.78 is 0. The predicted molar refractivity (Wildman–Crippen MR) is 68.6 cm³/mol. The molecule has 1 heterocycles. The Balaban J connectivity index is 1.68. The van der Waals surface area contributed by atoms with Crippen LogP contribution < -0.4 is 0 Å². The van der Waals surface area contributed by atoms with Gasteiger partial charge in [-0.25, -0.2) is 0 Å². The number of hydrogen-bond acceptors (Lipinski definition) is 2. The summed E-state index contributed by atoms with van der Waals surface area (Å²) in [6, 6.07) is 7.92. The van der Waals surface area contributed by atoms with E-state index in [2.05, 4.69) is 0 Å². The van der Waals surface area contributed by atoms with Crippen LogP contribution in [-0.4, -0.2) is 28.5 Å². The number of alkyl halides is 1. The van der Waals surface area contributed by atoms with Gasteiger partial charge in [-0.05, 0) is 24.5 Å². The van der Waals surface area contributed by atoms with Gasteiger partial charge in [0.2, 0.25) is 0 Å². The highest BCUT2D eigenvalue weighted by Crippen LogP contribution is 2.37. The molecule has 0 unspecified atom stereocenters. The van der Waals surface area contributed by atoms with Crippen LogP contribution in [0.4, 0.5) is 0 Å². The third kappa shape index (κ3) is 1.74. The van der Waals surface area contributed by atoms with Crippen molar-refractivity contribution in [1.82, 2.24) is 4.90 Å². The van der Waals surface area contributed by atoms with Crippen LogP contribution in [0.5, 0.6) is 0 Å². The number of ketones is 1. The fourth-order valence-electron chi connectivity index (χ4n) is 2.79. The second-order valence-corrected chi connectivity index (χ2v) is 5.28. The van der Waals surface area contributed by atoms with E-state index in [9.17, 15) is 9.59 Å². The van der Waals surface area contributed by atoms with E-state index < -0.39 is 0 Å². The number of hydrogen-bond donors (Lipinski definition) is 0. The van der Waals surface area contributed by atoms with Gasteiger partial charge in [0.25, 0.3) is 5.91 Å². The summed E-state index contributed by atoms with van der Waals surface area (Å²) in [5.41, 5.74) is 1.90. The van der Waals surface area contributed by atoms with Crippen molar-refractivity contribution < 1.29 is 9.59 Å². The van der Waals surface area contributed by atoms with Gasteiger partial charge in [-0.2, -0.15) is 0 Å². The maximum absolute atomic E-state index is 12.2. The van der Waals surface area contributed by atoms with Gasteiger partial charge in [-0.3, -0.25) is 9.59 Å². The van der Waals surface area contributed by atoms with E-state index in [4.69, 9.17) is 11.6 Å². The number of carbonyl (C=O) groups excluding carboxylic acids is 2. The van der Waals surface area contributed by atoms with Gasteiger partial charge in [0.05, 0.1) is 5.88 Å². The van der Waals surface area contributed by atoms with Crippen molar-refractivity contribution in [3.63, 3.8) is 0 Å². The number of fused-ring (bicyclic) bond motifs is 1. The van der Waals surface area contributed by atoms with Crippen LogP contribution in [0.1, 0.15) is 28.8 Å². The first kappa shape index (κ1) is 11.7. The molecule has 0 aromatic heterocycles. The summed E-state index contributed by atoms with van der Waals surface area (Å²) >= 11 is 5.54. The Hall–Kier alpha value is -1.35. The first-order chi connectivity index (χ1) is 8.70. The Labute approximate surface area is 111 Å². The van der Waals surface area contributed by atoms with Crippen molar-refractivity contribution in [2.24, 2.45) is 5.92 Å². The summed E-state index contributed by atoms with van der Waals surface area (Å²) in [6.45, 7) is 0.682. The van der Waals surface area contributed by atoms with Crippen LogP contribution in [0.2, 0.25) is 0 Å². The van der Waals surface area contributed by atoms with Gasteiger partial charge >= 0.3 is 0 Å². The minimum absolute atomic E-state index is 0.0593. The summed E-state index contributed by atoms with van der Waals surface area (Å²) in [5, 5.41) is 0. The number of Topliss-reactive ketones (excluding diaryl/α,β-unsaturated/α-hetero) is 1. The molecule has 1 aromatic carbocycles. The molecule has 4 heteroatoms. The highest BCUT2D eigenvalue weighted by atomic mass is 35.5. The molecular weight excluding hydrogens is 250 g/mol. The number of nitrogens with zero attached hydrogens (tertiary/aromatic N) is 1. The highest BCUT2D eigenvalue weighted by Gasteiger charge is 2.41. The zero-order valence-corrected chi connectivity index (χ0v) is 10.7. The molecule has 0 radical (unpaired) electrons. The second-order valence-electron chi connectivity index (χ2n) is 5.01. The Morgan fingerprint density at radius 2 is 2.06 bits per heavy atom. The molecule has 1 fully saturated rings. The van der Waals surface area contributed by atoms with E-state index in [1.165, 1.54) is 0 Å². The van der Waals surface area contributed by atoms with Crippen molar-refractivity contribution in [2.75, 3.05) is 5.88 Å². The van der Waals surface area contributed by atoms with E-state index in [1.54, 1.807) is 0 Å². The molecule has 18 heavy (non-hydrogen) atoms. The van der Waals surface area contributed by atoms with E-state index in [0.717, 1.165) is 24.0 Å². The smallest absolute Gasteiger partial charge is 0.254 e. The molecular formula is C14H14ClNO2. The monoisotopic (exact) mass is 263 g/mol. The third-order valence-corrected chi connectivity index (χ3v) is 4.25. The standard InChI is InChI=1S/C14H14ClNO2/c15-7-13(17)10-5-11(6-10)16-8-9-3-1-2-4-12(9)14(16)18/h1-4,10-11H,5-8H2. The average Bonchev–Trinajstić information content (AvgIpc) is 2.66. The van der Waals surface area contributed by atoms with Crippen LogP contribution in [0.3, 0.4) is 0 Å². The lowest BCUT2D eigenvalue weighted by molar-refractivity contribution is -0.124. The number of amides is 1. The lowest BCUT2D eigenvalue weighted by Crippen LogP contribution is -2.47. The van der Waals surface area contributed by atoms with Gasteiger partial charge in [-0.15, -0.1) is 11.6 Å². The van der Waals surface area contributed by atoms with E-state index in [1.807, 2.05) is 29.2 Å². The van der Waals surface area contributed by atoms with E-state index in [0.29, 0.717) is 6.54 Å². The predicted octanol–water partition coefficient (Wildman–Crippen LogP) is 2.23. The fourth-order valence-corrected chi connectivity index (χ4v) is 3.00. The summed E-state index contributed by atoms with van der Waals surface area (Å²) in [5.74, 6) is 0.361. The van der Waals surface area contributed by atoms with Crippen LogP contribution in [0.15, 0.2) is 24.3 Å². The minimum Gasteiger partial charge on any atom is -0.331 e. The SMILES string of the molecule is O=C(CCl)C1CC(N2Cc3ccccc3C2=O)C1. The number of carbonyl (C=O) groups is 2. The number of benzene rings is 1. The first-order valence-corrected chi connectivity index (χ1v) is 6.71. The van der Waals surface area contributed by atoms with Gasteiger partial charge in [0.1, 0.15) is 0 Å². The average molecular weight is 264 g/mol. The van der Waals surface area contributed by atoms with Gasteiger partial charge in [-0.1, -0.05) is 18.2 Å². The number of rotatable bonds is 3. The first-order valence-electron chi connectivity index (χ1n) is 6.18. The van der Waals surface area contributed by atoms with Crippen molar-refractivity contribution in [2.45, 2.75) is 25.4 Å². The third-order valence-electron chi connectivity index (χ3n) is 3.99. The molecule has 1 aliphatic carbocycles. The molecule has 0 saturated heterocycles. The zero-order valence-electron chi connectivity index (χ0n) is 9.93. The maximum atomic E-state index is 12.2. The van der Waals surface area contributed by atoms with E-state index in [-0.39, 0.29) is 29.5 Å². The Kier molecular flexibility index (Phi) is 2.86. The molecule has 3 nitrogen and oxygen atoms in total. The van der Waals surface area contributed by atoms with Crippen molar-refractivity contribution in [1.29, 1.82) is 0 Å². The molecule has 0 spiro atoms. The quantitative estimate of drug-likeness (QED) is 0.785. The second kappa shape index (κ2) is 4.39. The molecule has 2 aliphatic rings. The lowest BCUT2D eigenvalue weighted by Gasteiger charge is -2.40. The molecule has 1 aromatic rings. The fraction of sp³-hybridized carbons (Fsp3) is 0.429. The zero-order chi connectivity index (χ0) is 12.7. The van der Waals surface area contributed by atoms with Crippen LogP contribution >= 0.6 is 11.6 Å². The Bertz CT molecular complexity index is 508. The lowest BCUT2D eigenvalue weighted by atomic mass is 9.77. The summed E-state index contributed by atoms with van der Waals surface area (Å²) in [4.78, 5) is 25.5. The van der Waals surface area contributed by atoms with Crippen molar-refractivity contribution >= 4 is 23.3 Å². The molecule has 0 N–H and O–H groups in total. The minimum atomic E-state index is 0.0593. The molecule has 1 saturated carbocycles. The van der Waals surface area contributed by atoms with Crippen molar-refractivity contribution in [3.8, 4) is 0 Å². The molecule has 0 bridgehead atoms. The van der Waals surface area contributed by atoms with Crippen LogP contribution in [-0.2, 0) is 11.3 Å². The van der Waals surface area contributed by atoms with Crippen LogP contribution in [0.25, 0.3) is 0 Å². The molecule has 1 amide bonds. The Morgan fingerprint density at radius 1 is 1.33 bits per heavy atom. The van der Waals surface area contributed by atoms with Crippen molar-refractivity contribution in [3.05, 3.63) is 35.4 Å².